The monoisotopic (exact) mass is 230 g/mol. The largest absolute Gasteiger partial charge is 0.384 e. The lowest BCUT2D eigenvalue weighted by Gasteiger charge is -2.30. The van der Waals surface area contributed by atoms with E-state index in [-0.39, 0.29) is 5.41 Å². The molecule has 1 nitrogen and oxygen atoms in total. The molecule has 0 radical (unpaired) electrons. The van der Waals surface area contributed by atoms with Crippen LogP contribution < -0.4 is 0 Å². The minimum absolute atomic E-state index is 0.233. The predicted molar refractivity (Wildman–Crippen MR) is 71.9 cm³/mol. The van der Waals surface area contributed by atoms with Crippen LogP contribution in [0.4, 0.5) is 0 Å². The molecule has 1 atom stereocenters. The Kier molecular flexibility index (Phi) is 3.39. The van der Waals surface area contributed by atoms with E-state index >= 15 is 0 Å². The van der Waals surface area contributed by atoms with Gasteiger partial charge in [0.05, 0.1) is 0 Å². The van der Waals surface area contributed by atoms with Gasteiger partial charge in [0.25, 0.3) is 0 Å². The molecule has 1 aromatic carbocycles. The summed E-state index contributed by atoms with van der Waals surface area (Å²) in [6.45, 7) is 6.56. The smallest absolute Gasteiger partial charge is 0.100 e. The first kappa shape index (κ1) is 12.4. The number of allylic oxidation sites excluding steroid dienone is 1. The van der Waals surface area contributed by atoms with Gasteiger partial charge in [0, 0.05) is 0 Å². The van der Waals surface area contributed by atoms with Crippen LogP contribution >= 0.6 is 0 Å². The maximum atomic E-state index is 10.5. The zero-order valence-electron chi connectivity index (χ0n) is 11.0. The number of rotatable bonds is 2. The fourth-order valence-electron chi connectivity index (χ4n) is 2.70. The van der Waals surface area contributed by atoms with E-state index in [4.69, 9.17) is 0 Å². The topological polar surface area (TPSA) is 20.2 Å². The average Bonchev–Trinajstić information content (AvgIpc) is 2.27. The van der Waals surface area contributed by atoms with Crippen LogP contribution in [0.2, 0.25) is 0 Å². The average molecular weight is 230 g/mol. The lowest BCUT2D eigenvalue weighted by atomic mass is 9.77. The van der Waals surface area contributed by atoms with Crippen LogP contribution in [0.3, 0.4) is 0 Å². The molecule has 0 fully saturated rings. The molecule has 0 saturated heterocycles. The zero-order valence-corrected chi connectivity index (χ0v) is 11.0. The highest BCUT2D eigenvalue weighted by molar-refractivity contribution is 5.34. The van der Waals surface area contributed by atoms with E-state index in [2.05, 4.69) is 32.9 Å². The third kappa shape index (κ3) is 2.78. The van der Waals surface area contributed by atoms with Gasteiger partial charge in [0.1, 0.15) is 6.10 Å². The van der Waals surface area contributed by atoms with Gasteiger partial charge < -0.3 is 5.11 Å². The molecule has 0 aromatic heterocycles. The van der Waals surface area contributed by atoms with E-state index in [1.54, 1.807) is 0 Å². The van der Waals surface area contributed by atoms with Gasteiger partial charge in [0.2, 0.25) is 0 Å². The number of aliphatic hydroxyl groups is 1. The number of hydrogen-bond donors (Lipinski definition) is 1. The molecule has 1 heteroatoms. The highest BCUT2D eigenvalue weighted by Gasteiger charge is 2.24. The van der Waals surface area contributed by atoms with Crippen LogP contribution in [-0.2, 0) is 0 Å². The summed E-state index contributed by atoms with van der Waals surface area (Å²) in [6, 6.07) is 8.11. The van der Waals surface area contributed by atoms with Crippen molar-refractivity contribution >= 4 is 0 Å². The van der Waals surface area contributed by atoms with Gasteiger partial charge in [0.15, 0.2) is 0 Å². The van der Waals surface area contributed by atoms with Crippen molar-refractivity contribution in [2.24, 2.45) is 5.41 Å². The molecular formula is C16H22O. The van der Waals surface area contributed by atoms with E-state index in [0.717, 1.165) is 12.0 Å². The summed E-state index contributed by atoms with van der Waals surface area (Å²) in [6.07, 6.45) is 5.28. The molecule has 0 aliphatic heterocycles. The van der Waals surface area contributed by atoms with Crippen LogP contribution in [-0.4, -0.2) is 5.11 Å². The predicted octanol–water partition coefficient (Wildman–Crippen LogP) is 4.16. The summed E-state index contributed by atoms with van der Waals surface area (Å²) in [5, 5.41) is 10.5. The van der Waals surface area contributed by atoms with Crippen molar-refractivity contribution < 1.29 is 5.11 Å². The van der Waals surface area contributed by atoms with Crippen LogP contribution in [0.15, 0.2) is 35.9 Å². The first-order valence-electron chi connectivity index (χ1n) is 6.45. The quantitative estimate of drug-likeness (QED) is 0.756. The summed E-state index contributed by atoms with van der Waals surface area (Å²) in [4.78, 5) is 0. The Morgan fingerprint density at radius 2 is 1.94 bits per heavy atom. The Labute approximate surface area is 104 Å². The van der Waals surface area contributed by atoms with Gasteiger partial charge in [-0.15, -0.1) is 0 Å². The summed E-state index contributed by atoms with van der Waals surface area (Å²) >= 11 is 0. The van der Waals surface area contributed by atoms with Gasteiger partial charge in [-0.2, -0.15) is 0 Å². The van der Waals surface area contributed by atoms with Crippen LogP contribution in [0.25, 0.3) is 0 Å². The van der Waals surface area contributed by atoms with Crippen molar-refractivity contribution in [1.82, 2.24) is 0 Å². The van der Waals surface area contributed by atoms with Gasteiger partial charge in [-0.3, -0.25) is 0 Å². The Morgan fingerprint density at radius 1 is 1.24 bits per heavy atom. The summed E-state index contributed by atoms with van der Waals surface area (Å²) in [7, 11) is 0. The van der Waals surface area contributed by atoms with Gasteiger partial charge >= 0.3 is 0 Å². The molecule has 1 aliphatic carbocycles. The lowest BCUT2D eigenvalue weighted by Crippen LogP contribution is -2.16. The molecule has 0 spiro atoms. The fraction of sp³-hybridized carbons (Fsp3) is 0.500. The summed E-state index contributed by atoms with van der Waals surface area (Å²) in [5.74, 6) is 0. The third-order valence-corrected chi connectivity index (χ3v) is 3.70. The standard InChI is InChI=1S/C16H22O/c1-12-7-4-5-9-14(12)15(17)13-8-6-10-16(2,3)11-13/h4-5,7,9,11,15,17H,6,8,10H2,1-3H3. The highest BCUT2D eigenvalue weighted by Crippen LogP contribution is 2.38. The zero-order chi connectivity index (χ0) is 12.5. The third-order valence-electron chi connectivity index (χ3n) is 3.70. The molecule has 1 aliphatic rings. The number of hydrogen-bond acceptors (Lipinski definition) is 1. The maximum Gasteiger partial charge on any atom is 0.100 e. The molecule has 92 valence electrons. The highest BCUT2D eigenvalue weighted by atomic mass is 16.3. The van der Waals surface area contributed by atoms with E-state index in [1.165, 1.54) is 24.0 Å². The molecule has 0 bridgehead atoms. The minimum atomic E-state index is -0.421. The van der Waals surface area contributed by atoms with E-state index in [0.29, 0.717) is 0 Å². The van der Waals surface area contributed by atoms with E-state index in [1.807, 2.05) is 18.2 Å². The van der Waals surface area contributed by atoms with Gasteiger partial charge in [-0.05, 0) is 48.3 Å². The van der Waals surface area contributed by atoms with Crippen LogP contribution in [0.1, 0.15) is 50.3 Å². The fourth-order valence-corrected chi connectivity index (χ4v) is 2.70. The van der Waals surface area contributed by atoms with Crippen molar-refractivity contribution in [3.63, 3.8) is 0 Å². The number of aliphatic hydroxyl groups excluding tert-OH is 1. The van der Waals surface area contributed by atoms with E-state index in [9.17, 15) is 5.11 Å². The SMILES string of the molecule is Cc1ccccc1C(O)C1=CC(C)(C)CCC1. The van der Waals surface area contributed by atoms with Crippen molar-refractivity contribution in [3.8, 4) is 0 Å². The first-order valence-corrected chi connectivity index (χ1v) is 6.45. The molecule has 2 rings (SSSR count). The van der Waals surface area contributed by atoms with Crippen molar-refractivity contribution in [2.75, 3.05) is 0 Å². The number of aryl methyl sites for hydroxylation is 1. The Balaban J connectivity index is 2.29. The first-order chi connectivity index (χ1) is 7.99. The second-order valence-electron chi connectivity index (χ2n) is 5.82. The van der Waals surface area contributed by atoms with Gasteiger partial charge in [-0.25, -0.2) is 0 Å². The molecular weight excluding hydrogens is 208 g/mol. The Bertz CT molecular complexity index is 429. The second kappa shape index (κ2) is 4.66. The molecule has 1 unspecified atom stereocenters. The van der Waals surface area contributed by atoms with Crippen molar-refractivity contribution in [3.05, 3.63) is 47.0 Å². The maximum absolute atomic E-state index is 10.5. The van der Waals surface area contributed by atoms with Crippen molar-refractivity contribution in [1.29, 1.82) is 0 Å². The molecule has 0 heterocycles. The molecule has 17 heavy (non-hydrogen) atoms. The molecule has 0 amide bonds. The molecule has 1 aromatic rings. The Hall–Kier alpha value is -1.08. The van der Waals surface area contributed by atoms with Crippen LogP contribution in [0, 0.1) is 12.3 Å². The molecule has 0 saturated carbocycles. The lowest BCUT2D eigenvalue weighted by molar-refractivity contribution is 0.201. The Morgan fingerprint density at radius 3 is 2.59 bits per heavy atom. The minimum Gasteiger partial charge on any atom is -0.384 e. The summed E-state index contributed by atoms with van der Waals surface area (Å²) < 4.78 is 0. The number of benzene rings is 1. The van der Waals surface area contributed by atoms with Gasteiger partial charge in [-0.1, -0.05) is 44.2 Å². The molecule has 1 N–H and O–H groups in total. The second-order valence-corrected chi connectivity index (χ2v) is 5.82. The van der Waals surface area contributed by atoms with Crippen molar-refractivity contribution in [2.45, 2.75) is 46.1 Å². The summed E-state index contributed by atoms with van der Waals surface area (Å²) in [5.41, 5.74) is 3.65. The van der Waals surface area contributed by atoms with E-state index < -0.39 is 6.10 Å². The normalized spacial score (nSPS) is 20.8. The van der Waals surface area contributed by atoms with Crippen LogP contribution in [0.5, 0.6) is 0 Å².